The standard InChI is InChI=1S/C18H28N4O.HI/c1-4-19-18(21-14(2)3)20-12-15-7-5-8-16(11-15)13-22-10-6-9-17(22)23;/h5,7-8,11,14H,4,6,9-10,12-13H2,1-3H3,(H2,19,20,21);1H. The summed E-state index contributed by atoms with van der Waals surface area (Å²) < 4.78 is 0. The average molecular weight is 444 g/mol. The van der Waals surface area contributed by atoms with Crippen molar-refractivity contribution in [2.45, 2.75) is 52.7 Å². The van der Waals surface area contributed by atoms with Crippen LogP contribution in [0.5, 0.6) is 0 Å². The van der Waals surface area contributed by atoms with Crippen LogP contribution in [0.25, 0.3) is 0 Å². The second-order valence-corrected chi connectivity index (χ2v) is 6.23. The maximum Gasteiger partial charge on any atom is 0.222 e. The summed E-state index contributed by atoms with van der Waals surface area (Å²) in [4.78, 5) is 18.3. The molecule has 0 aliphatic carbocycles. The Kier molecular flexibility index (Phi) is 9.10. The molecule has 0 saturated carbocycles. The Morgan fingerprint density at radius 2 is 2.08 bits per heavy atom. The van der Waals surface area contributed by atoms with Crippen molar-refractivity contribution >= 4 is 35.8 Å². The molecule has 0 radical (unpaired) electrons. The normalized spacial score (nSPS) is 14.8. The van der Waals surface area contributed by atoms with Crippen molar-refractivity contribution < 1.29 is 4.79 Å². The zero-order valence-corrected chi connectivity index (χ0v) is 17.2. The monoisotopic (exact) mass is 444 g/mol. The molecule has 1 aliphatic heterocycles. The number of hydrogen-bond acceptors (Lipinski definition) is 2. The van der Waals surface area contributed by atoms with E-state index in [0.717, 1.165) is 31.0 Å². The van der Waals surface area contributed by atoms with Crippen LogP contribution >= 0.6 is 24.0 Å². The lowest BCUT2D eigenvalue weighted by Gasteiger charge is -2.16. The van der Waals surface area contributed by atoms with Crippen molar-refractivity contribution in [3.8, 4) is 0 Å². The number of carbonyl (C=O) groups excluding carboxylic acids is 1. The summed E-state index contributed by atoms with van der Waals surface area (Å²) in [6, 6.07) is 8.70. The lowest BCUT2D eigenvalue weighted by molar-refractivity contribution is -0.128. The van der Waals surface area contributed by atoms with Crippen LogP contribution in [0.4, 0.5) is 0 Å². The van der Waals surface area contributed by atoms with Crippen molar-refractivity contribution in [2.24, 2.45) is 4.99 Å². The van der Waals surface area contributed by atoms with Gasteiger partial charge in [-0.25, -0.2) is 4.99 Å². The van der Waals surface area contributed by atoms with Gasteiger partial charge in [-0.1, -0.05) is 24.3 Å². The first-order valence-electron chi connectivity index (χ1n) is 8.49. The summed E-state index contributed by atoms with van der Waals surface area (Å²) in [5.41, 5.74) is 2.34. The van der Waals surface area contributed by atoms with E-state index in [0.29, 0.717) is 25.6 Å². The highest BCUT2D eigenvalue weighted by Gasteiger charge is 2.19. The van der Waals surface area contributed by atoms with Crippen molar-refractivity contribution in [1.29, 1.82) is 0 Å². The van der Waals surface area contributed by atoms with Gasteiger partial charge < -0.3 is 15.5 Å². The van der Waals surface area contributed by atoms with Gasteiger partial charge in [0, 0.05) is 32.1 Å². The first-order valence-corrected chi connectivity index (χ1v) is 8.49. The molecule has 1 saturated heterocycles. The lowest BCUT2D eigenvalue weighted by atomic mass is 10.1. The van der Waals surface area contributed by atoms with Gasteiger partial charge in [0.25, 0.3) is 0 Å². The van der Waals surface area contributed by atoms with E-state index >= 15 is 0 Å². The molecule has 24 heavy (non-hydrogen) atoms. The number of benzene rings is 1. The number of halogens is 1. The molecule has 6 heteroatoms. The van der Waals surface area contributed by atoms with Gasteiger partial charge in [-0.05, 0) is 38.3 Å². The van der Waals surface area contributed by atoms with Crippen molar-refractivity contribution in [3.05, 3.63) is 35.4 Å². The summed E-state index contributed by atoms with van der Waals surface area (Å²) in [5, 5.41) is 6.57. The minimum absolute atomic E-state index is 0. The van der Waals surface area contributed by atoms with E-state index in [1.54, 1.807) is 0 Å². The van der Waals surface area contributed by atoms with Gasteiger partial charge in [0.1, 0.15) is 0 Å². The van der Waals surface area contributed by atoms with Crippen LogP contribution in [0.3, 0.4) is 0 Å². The number of hydrogen-bond donors (Lipinski definition) is 2. The minimum Gasteiger partial charge on any atom is -0.357 e. The molecule has 1 aliphatic rings. The van der Waals surface area contributed by atoms with Gasteiger partial charge in [-0.15, -0.1) is 24.0 Å². The number of guanidine groups is 1. The summed E-state index contributed by atoms with van der Waals surface area (Å²) in [5.74, 6) is 1.10. The van der Waals surface area contributed by atoms with E-state index in [-0.39, 0.29) is 29.9 Å². The molecule has 1 fully saturated rings. The molecule has 1 heterocycles. The van der Waals surface area contributed by atoms with Crippen LogP contribution in [0, 0.1) is 0 Å². The highest BCUT2D eigenvalue weighted by molar-refractivity contribution is 14.0. The molecule has 5 nitrogen and oxygen atoms in total. The van der Waals surface area contributed by atoms with Gasteiger partial charge in [0.2, 0.25) is 5.91 Å². The Labute approximate surface area is 162 Å². The smallest absolute Gasteiger partial charge is 0.222 e. The topological polar surface area (TPSA) is 56.7 Å². The lowest BCUT2D eigenvalue weighted by Crippen LogP contribution is -2.41. The zero-order chi connectivity index (χ0) is 16.7. The molecule has 1 aromatic carbocycles. The number of nitrogens with zero attached hydrogens (tertiary/aromatic N) is 2. The van der Waals surface area contributed by atoms with Crippen LogP contribution in [-0.4, -0.2) is 35.9 Å². The van der Waals surface area contributed by atoms with Crippen LogP contribution < -0.4 is 10.6 Å². The number of carbonyl (C=O) groups is 1. The summed E-state index contributed by atoms with van der Waals surface area (Å²) >= 11 is 0. The minimum atomic E-state index is 0. The Morgan fingerprint density at radius 1 is 1.33 bits per heavy atom. The Balaban J connectivity index is 0.00000288. The molecular weight excluding hydrogens is 415 g/mol. The second-order valence-electron chi connectivity index (χ2n) is 6.23. The molecule has 0 atom stereocenters. The first kappa shape index (κ1) is 20.7. The van der Waals surface area contributed by atoms with E-state index in [2.05, 4.69) is 54.6 Å². The Morgan fingerprint density at radius 3 is 2.71 bits per heavy atom. The molecule has 2 N–H and O–H groups in total. The average Bonchev–Trinajstić information content (AvgIpc) is 2.90. The Bertz CT molecular complexity index is 560. The third-order valence-electron chi connectivity index (χ3n) is 3.73. The van der Waals surface area contributed by atoms with E-state index in [9.17, 15) is 4.79 Å². The van der Waals surface area contributed by atoms with Gasteiger partial charge in [-0.3, -0.25) is 4.79 Å². The van der Waals surface area contributed by atoms with E-state index in [1.165, 1.54) is 5.56 Å². The third-order valence-corrected chi connectivity index (χ3v) is 3.73. The predicted octanol–water partition coefficient (Wildman–Crippen LogP) is 2.89. The van der Waals surface area contributed by atoms with E-state index in [4.69, 9.17) is 0 Å². The quantitative estimate of drug-likeness (QED) is 0.403. The van der Waals surface area contributed by atoms with Crippen LogP contribution in [0.15, 0.2) is 29.3 Å². The summed E-state index contributed by atoms with van der Waals surface area (Å²) in [7, 11) is 0. The summed E-state index contributed by atoms with van der Waals surface area (Å²) in [6.07, 6.45) is 1.67. The Hall–Kier alpha value is -1.31. The van der Waals surface area contributed by atoms with Gasteiger partial charge in [0.05, 0.1) is 6.54 Å². The SMILES string of the molecule is CCNC(=NCc1cccc(CN2CCCC2=O)c1)NC(C)C.I. The zero-order valence-electron chi connectivity index (χ0n) is 14.8. The van der Waals surface area contributed by atoms with Crippen LogP contribution in [0.1, 0.15) is 44.7 Å². The van der Waals surface area contributed by atoms with Gasteiger partial charge in [-0.2, -0.15) is 0 Å². The molecular formula is C18H29IN4O. The molecule has 0 unspecified atom stereocenters. The number of aliphatic imine (C=N–C) groups is 1. The molecule has 0 aromatic heterocycles. The number of amides is 1. The van der Waals surface area contributed by atoms with Crippen LogP contribution in [0.2, 0.25) is 0 Å². The highest BCUT2D eigenvalue weighted by Crippen LogP contribution is 2.15. The molecule has 134 valence electrons. The van der Waals surface area contributed by atoms with Crippen molar-refractivity contribution in [3.63, 3.8) is 0 Å². The van der Waals surface area contributed by atoms with Gasteiger partial charge in [0.15, 0.2) is 5.96 Å². The van der Waals surface area contributed by atoms with E-state index in [1.807, 2.05) is 11.0 Å². The summed E-state index contributed by atoms with van der Waals surface area (Å²) in [6.45, 7) is 9.32. The maximum atomic E-state index is 11.7. The first-order chi connectivity index (χ1) is 11.1. The fraction of sp³-hybridized carbons (Fsp3) is 0.556. The largest absolute Gasteiger partial charge is 0.357 e. The molecule has 0 spiro atoms. The molecule has 1 amide bonds. The number of likely N-dealkylation sites (tertiary alicyclic amines) is 1. The third kappa shape index (κ3) is 6.67. The van der Waals surface area contributed by atoms with Crippen molar-refractivity contribution in [2.75, 3.05) is 13.1 Å². The highest BCUT2D eigenvalue weighted by atomic mass is 127. The number of rotatable bonds is 6. The van der Waals surface area contributed by atoms with Gasteiger partial charge >= 0.3 is 0 Å². The molecule has 1 aromatic rings. The van der Waals surface area contributed by atoms with E-state index < -0.39 is 0 Å². The fourth-order valence-electron chi connectivity index (χ4n) is 2.68. The second kappa shape index (κ2) is 10.5. The maximum absolute atomic E-state index is 11.7. The molecule has 2 rings (SSSR count). The van der Waals surface area contributed by atoms with Crippen molar-refractivity contribution in [1.82, 2.24) is 15.5 Å². The number of nitrogens with one attached hydrogen (secondary N) is 2. The molecule has 0 bridgehead atoms. The fourth-order valence-corrected chi connectivity index (χ4v) is 2.68. The van der Waals surface area contributed by atoms with Crippen LogP contribution in [-0.2, 0) is 17.9 Å². The predicted molar refractivity (Wildman–Crippen MR) is 110 cm³/mol.